The third-order valence-corrected chi connectivity index (χ3v) is 3.27. The van der Waals surface area contributed by atoms with Crippen LogP contribution in [0.1, 0.15) is 31.0 Å². The molecule has 104 valence electrons. The summed E-state index contributed by atoms with van der Waals surface area (Å²) in [6, 6.07) is 17.6. The third kappa shape index (κ3) is 3.85. The van der Waals surface area contributed by atoms with Crippen LogP contribution in [0.25, 0.3) is 0 Å². The number of nitrogens with one attached hydrogen (secondary N) is 2. The molecule has 0 radical (unpaired) electrons. The van der Waals surface area contributed by atoms with Gasteiger partial charge in [-0.25, -0.2) is 4.79 Å². The predicted octanol–water partition coefficient (Wildman–Crippen LogP) is 4.13. The van der Waals surface area contributed by atoms with Crippen molar-refractivity contribution >= 4 is 11.7 Å². The van der Waals surface area contributed by atoms with Crippen LogP contribution in [-0.2, 0) is 6.42 Å². The number of urea groups is 1. The Hall–Kier alpha value is -2.29. The zero-order valence-corrected chi connectivity index (χ0v) is 11.9. The summed E-state index contributed by atoms with van der Waals surface area (Å²) in [7, 11) is 0. The Kier molecular flexibility index (Phi) is 4.77. The molecule has 2 aromatic rings. The molecule has 0 saturated heterocycles. The van der Waals surface area contributed by atoms with Gasteiger partial charge in [0, 0.05) is 5.69 Å². The Bertz CT molecular complexity index is 549. The standard InChI is InChI=1S/C17H20N2O/c1-3-14-9-11-16(12-10-14)19-17(20)18-13(2)15-7-5-4-6-8-15/h4-13H,3H2,1-2H3,(H2,18,19,20)/t13-/m0/s1. The van der Waals surface area contributed by atoms with Crippen LogP contribution in [0, 0.1) is 0 Å². The molecule has 0 unspecified atom stereocenters. The molecule has 2 rings (SSSR count). The fraction of sp³-hybridized carbons (Fsp3) is 0.235. The number of hydrogen-bond donors (Lipinski definition) is 2. The number of anilines is 1. The van der Waals surface area contributed by atoms with E-state index in [9.17, 15) is 4.79 Å². The minimum Gasteiger partial charge on any atom is -0.331 e. The lowest BCUT2D eigenvalue weighted by Crippen LogP contribution is -2.31. The molecule has 0 aliphatic heterocycles. The fourth-order valence-corrected chi connectivity index (χ4v) is 2.01. The first-order chi connectivity index (χ1) is 9.69. The van der Waals surface area contributed by atoms with Crippen molar-refractivity contribution in [3.05, 3.63) is 65.7 Å². The van der Waals surface area contributed by atoms with E-state index in [-0.39, 0.29) is 12.1 Å². The topological polar surface area (TPSA) is 41.1 Å². The number of hydrogen-bond acceptors (Lipinski definition) is 1. The zero-order valence-electron chi connectivity index (χ0n) is 11.9. The van der Waals surface area contributed by atoms with Crippen molar-refractivity contribution in [1.82, 2.24) is 5.32 Å². The SMILES string of the molecule is CCc1ccc(NC(=O)N[C@@H](C)c2ccccc2)cc1. The predicted molar refractivity (Wildman–Crippen MR) is 82.8 cm³/mol. The van der Waals surface area contributed by atoms with E-state index in [4.69, 9.17) is 0 Å². The summed E-state index contributed by atoms with van der Waals surface area (Å²) in [4.78, 5) is 11.9. The van der Waals surface area contributed by atoms with E-state index in [0.29, 0.717) is 0 Å². The Morgan fingerprint density at radius 3 is 2.30 bits per heavy atom. The maximum atomic E-state index is 11.9. The van der Waals surface area contributed by atoms with E-state index in [1.807, 2.05) is 61.5 Å². The van der Waals surface area contributed by atoms with Crippen LogP contribution >= 0.6 is 0 Å². The average molecular weight is 268 g/mol. The molecular weight excluding hydrogens is 248 g/mol. The monoisotopic (exact) mass is 268 g/mol. The van der Waals surface area contributed by atoms with Gasteiger partial charge in [-0.05, 0) is 36.6 Å². The quantitative estimate of drug-likeness (QED) is 0.860. The zero-order chi connectivity index (χ0) is 14.4. The van der Waals surface area contributed by atoms with Crippen LogP contribution in [0.4, 0.5) is 10.5 Å². The lowest BCUT2D eigenvalue weighted by atomic mass is 10.1. The van der Waals surface area contributed by atoms with Crippen LogP contribution in [0.2, 0.25) is 0 Å². The molecule has 0 fully saturated rings. The number of aryl methyl sites for hydroxylation is 1. The van der Waals surface area contributed by atoms with Gasteiger partial charge in [-0.1, -0.05) is 49.4 Å². The van der Waals surface area contributed by atoms with Crippen molar-refractivity contribution in [3.63, 3.8) is 0 Å². The molecule has 2 amide bonds. The first-order valence-electron chi connectivity index (χ1n) is 6.90. The summed E-state index contributed by atoms with van der Waals surface area (Å²) < 4.78 is 0. The molecule has 0 saturated carbocycles. The normalized spacial score (nSPS) is 11.7. The fourth-order valence-electron chi connectivity index (χ4n) is 2.01. The average Bonchev–Trinajstić information content (AvgIpc) is 2.49. The van der Waals surface area contributed by atoms with Gasteiger partial charge < -0.3 is 10.6 Å². The summed E-state index contributed by atoms with van der Waals surface area (Å²) in [6.45, 7) is 4.08. The van der Waals surface area contributed by atoms with E-state index in [0.717, 1.165) is 17.7 Å². The Labute approximate surface area is 120 Å². The van der Waals surface area contributed by atoms with Crippen molar-refractivity contribution in [1.29, 1.82) is 0 Å². The van der Waals surface area contributed by atoms with Crippen molar-refractivity contribution in [2.75, 3.05) is 5.32 Å². The number of rotatable bonds is 4. The molecule has 3 nitrogen and oxygen atoms in total. The van der Waals surface area contributed by atoms with E-state index in [2.05, 4.69) is 17.6 Å². The van der Waals surface area contributed by atoms with E-state index in [1.165, 1.54) is 5.56 Å². The minimum absolute atomic E-state index is 0.0221. The number of benzene rings is 2. The first kappa shape index (κ1) is 14.1. The molecule has 0 aliphatic carbocycles. The molecule has 0 heterocycles. The van der Waals surface area contributed by atoms with Gasteiger partial charge in [0.2, 0.25) is 0 Å². The van der Waals surface area contributed by atoms with Crippen LogP contribution in [0.5, 0.6) is 0 Å². The second-order valence-corrected chi connectivity index (χ2v) is 4.78. The van der Waals surface area contributed by atoms with Crippen LogP contribution < -0.4 is 10.6 Å². The molecule has 2 aromatic carbocycles. The van der Waals surface area contributed by atoms with Gasteiger partial charge in [0.15, 0.2) is 0 Å². The van der Waals surface area contributed by atoms with Gasteiger partial charge in [0.05, 0.1) is 6.04 Å². The summed E-state index contributed by atoms with van der Waals surface area (Å²) in [5, 5.41) is 5.77. The Balaban J connectivity index is 1.91. The number of amides is 2. The van der Waals surface area contributed by atoms with Crippen molar-refractivity contribution in [3.8, 4) is 0 Å². The molecule has 0 aromatic heterocycles. The number of carbonyl (C=O) groups excluding carboxylic acids is 1. The van der Waals surface area contributed by atoms with Gasteiger partial charge in [-0.3, -0.25) is 0 Å². The minimum atomic E-state index is -0.189. The molecule has 0 aliphatic rings. The lowest BCUT2D eigenvalue weighted by molar-refractivity contribution is 0.249. The van der Waals surface area contributed by atoms with Gasteiger partial charge in [-0.15, -0.1) is 0 Å². The molecular formula is C17H20N2O. The summed E-state index contributed by atoms with van der Waals surface area (Å²) >= 11 is 0. The van der Waals surface area contributed by atoms with Crippen molar-refractivity contribution in [2.45, 2.75) is 26.3 Å². The molecule has 0 bridgehead atoms. The summed E-state index contributed by atoms with van der Waals surface area (Å²) in [5.41, 5.74) is 3.15. The van der Waals surface area contributed by atoms with Gasteiger partial charge >= 0.3 is 6.03 Å². The highest BCUT2D eigenvalue weighted by atomic mass is 16.2. The second-order valence-electron chi connectivity index (χ2n) is 4.78. The molecule has 3 heteroatoms. The highest BCUT2D eigenvalue weighted by molar-refractivity contribution is 5.89. The van der Waals surface area contributed by atoms with Crippen molar-refractivity contribution in [2.24, 2.45) is 0 Å². The highest BCUT2D eigenvalue weighted by Gasteiger charge is 2.08. The largest absolute Gasteiger partial charge is 0.331 e. The molecule has 1 atom stereocenters. The molecule has 2 N–H and O–H groups in total. The lowest BCUT2D eigenvalue weighted by Gasteiger charge is -2.15. The maximum Gasteiger partial charge on any atom is 0.319 e. The molecule has 20 heavy (non-hydrogen) atoms. The van der Waals surface area contributed by atoms with Gasteiger partial charge in [-0.2, -0.15) is 0 Å². The number of carbonyl (C=O) groups is 1. The van der Waals surface area contributed by atoms with E-state index in [1.54, 1.807) is 0 Å². The van der Waals surface area contributed by atoms with Gasteiger partial charge in [0.25, 0.3) is 0 Å². The smallest absolute Gasteiger partial charge is 0.319 e. The first-order valence-corrected chi connectivity index (χ1v) is 6.90. The van der Waals surface area contributed by atoms with Gasteiger partial charge in [0.1, 0.15) is 0 Å². The summed E-state index contributed by atoms with van der Waals surface area (Å²) in [6.07, 6.45) is 0.998. The van der Waals surface area contributed by atoms with Crippen molar-refractivity contribution < 1.29 is 4.79 Å². The summed E-state index contributed by atoms with van der Waals surface area (Å²) in [5.74, 6) is 0. The van der Waals surface area contributed by atoms with E-state index >= 15 is 0 Å². The molecule has 0 spiro atoms. The van der Waals surface area contributed by atoms with Crippen LogP contribution in [-0.4, -0.2) is 6.03 Å². The Morgan fingerprint density at radius 1 is 1.05 bits per heavy atom. The van der Waals surface area contributed by atoms with E-state index < -0.39 is 0 Å². The Morgan fingerprint density at radius 2 is 1.70 bits per heavy atom. The highest BCUT2D eigenvalue weighted by Crippen LogP contribution is 2.13. The third-order valence-electron chi connectivity index (χ3n) is 3.27. The second kappa shape index (κ2) is 6.75. The maximum absolute atomic E-state index is 11.9. The van der Waals surface area contributed by atoms with Crippen LogP contribution in [0.15, 0.2) is 54.6 Å². The van der Waals surface area contributed by atoms with Crippen LogP contribution in [0.3, 0.4) is 0 Å².